The molecule has 0 saturated heterocycles. The van der Waals surface area contributed by atoms with Crippen LogP contribution in [0, 0.1) is 5.21 Å². The van der Waals surface area contributed by atoms with Crippen LogP contribution in [0.5, 0.6) is 0 Å². The summed E-state index contributed by atoms with van der Waals surface area (Å²) in [5, 5.41) is 11.2. The fraction of sp³-hybridized carbons (Fsp3) is 0.333. The molecule has 0 heterocycles. The summed E-state index contributed by atoms with van der Waals surface area (Å²) in [5.41, 5.74) is -0.367. The van der Waals surface area contributed by atoms with Crippen LogP contribution in [0.25, 0.3) is 0 Å². The molecule has 1 aromatic carbocycles. The van der Waals surface area contributed by atoms with Gasteiger partial charge in [0.1, 0.15) is 0 Å². The second kappa shape index (κ2) is 3.98. The van der Waals surface area contributed by atoms with Gasteiger partial charge in [0.2, 0.25) is 0 Å². The van der Waals surface area contributed by atoms with E-state index in [0.29, 0.717) is 10.6 Å². The van der Waals surface area contributed by atoms with Crippen LogP contribution in [0.3, 0.4) is 0 Å². The summed E-state index contributed by atoms with van der Waals surface area (Å²) in [6.45, 7) is -0.0378. The second-order valence-corrected chi connectivity index (χ2v) is 2.98. The van der Waals surface area contributed by atoms with Gasteiger partial charge in [0.05, 0.1) is 5.56 Å². The summed E-state index contributed by atoms with van der Waals surface area (Å²) in [4.78, 5) is 0. The predicted molar refractivity (Wildman–Crippen MR) is 46.3 cm³/mol. The molecule has 0 bridgehead atoms. The maximum absolute atomic E-state index is 12.2. The summed E-state index contributed by atoms with van der Waals surface area (Å²) < 4.78 is 36.6. The SMILES string of the molecule is CN([O-])Cc1cccc(C(F)(F)F)c1. The van der Waals surface area contributed by atoms with Gasteiger partial charge in [0, 0.05) is 6.54 Å². The molecular formula is C9H9F3NO-. The van der Waals surface area contributed by atoms with E-state index >= 15 is 0 Å². The number of hydrogen-bond acceptors (Lipinski definition) is 2. The van der Waals surface area contributed by atoms with E-state index in [2.05, 4.69) is 0 Å². The minimum absolute atomic E-state index is 0.0378. The fourth-order valence-electron chi connectivity index (χ4n) is 1.10. The molecule has 0 radical (unpaired) electrons. The third-order valence-electron chi connectivity index (χ3n) is 1.66. The Morgan fingerprint density at radius 3 is 2.50 bits per heavy atom. The molecule has 0 saturated carbocycles. The Morgan fingerprint density at radius 1 is 1.36 bits per heavy atom. The molecule has 14 heavy (non-hydrogen) atoms. The van der Waals surface area contributed by atoms with Crippen LogP contribution in [0.4, 0.5) is 13.2 Å². The largest absolute Gasteiger partial charge is 0.785 e. The van der Waals surface area contributed by atoms with Gasteiger partial charge >= 0.3 is 6.18 Å². The molecular weight excluding hydrogens is 195 g/mol. The van der Waals surface area contributed by atoms with Gasteiger partial charge in [-0.3, -0.25) is 0 Å². The zero-order chi connectivity index (χ0) is 10.8. The smallest absolute Gasteiger partial charge is 0.416 e. The average Bonchev–Trinajstić information content (AvgIpc) is 2.01. The van der Waals surface area contributed by atoms with Crippen molar-refractivity contribution in [1.82, 2.24) is 5.06 Å². The van der Waals surface area contributed by atoms with Crippen LogP contribution in [0.15, 0.2) is 24.3 Å². The second-order valence-electron chi connectivity index (χ2n) is 2.98. The lowest BCUT2D eigenvalue weighted by Gasteiger charge is -2.22. The lowest BCUT2D eigenvalue weighted by molar-refractivity contribution is -0.137. The molecule has 0 amide bonds. The van der Waals surface area contributed by atoms with Gasteiger partial charge < -0.3 is 10.3 Å². The highest BCUT2D eigenvalue weighted by atomic mass is 19.4. The Hall–Kier alpha value is -1.07. The van der Waals surface area contributed by atoms with Crippen molar-refractivity contribution in [2.24, 2.45) is 0 Å². The zero-order valence-corrected chi connectivity index (χ0v) is 7.51. The van der Waals surface area contributed by atoms with Crippen molar-refractivity contribution in [2.45, 2.75) is 12.7 Å². The lowest BCUT2D eigenvalue weighted by Crippen LogP contribution is -2.10. The van der Waals surface area contributed by atoms with Crippen molar-refractivity contribution in [3.63, 3.8) is 0 Å². The zero-order valence-electron chi connectivity index (χ0n) is 7.51. The fourth-order valence-corrected chi connectivity index (χ4v) is 1.10. The van der Waals surface area contributed by atoms with Gasteiger partial charge in [-0.2, -0.15) is 13.2 Å². The van der Waals surface area contributed by atoms with Gasteiger partial charge in [0.25, 0.3) is 0 Å². The molecule has 0 aliphatic rings. The van der Waals surface area contributed by atoms with Crippen LogP contribution in [-0.4, -0.2) is 12.1 Å². The van der Waals surface area contributed by atoms with E-state index in [1.165, 1.54) is 19.2 Å². The number of rotatable bonds is 2. The summed E-state index contributed by atoms with van der Waals surface area (Å²) in [6.07, 6.45) is -4.35. The summed E-state index contributed by atoms with van der Waals surface area (Å²) in [6, 6.07) is 4.74. The first-order valence-electron chi connectivity index (χ1n) is 3.94. The summed E-state index contributed by atoms with van der Waals surface area (Å²) >= 11 is 0. The number of alkyl halides is 3. The minimum atomic E-state index is -4.35. The predicted octanol–water partition coefficient (Wildman–Crippen LogP) is 2.64. The van der Waals surface area contributed by atoms with Gasteiger partial charge in [-0.1, -0.05) is 18.2 Å². The van der Waals surface area contributed by atoms with E-state index in [1.807, 2.05) is 0 Å². The first-order chi connectivity index (χ1) is 6.39. The van der Waals surface area contributed by atoms with Gasteiger partial charge in [0.15, 0.2) is 0 Å². The monoisotopic (exact) mass is 204 g/mol. The van der Waals surface area contributed by atoms with Crippen LogP contribution in [0.1, 0.15) is 11.1 Å². The van der Waals surface area contributed by atoms with Crippen molar-refractivity contribution >= 4 is 0 Å². The average molecular weight is 204 g/mol. The van der Waals surface area contributed by atoms with Crippen LogP contribution >= 0.6 is 0 Å². The Morgan fingerprint density at radius 2 is 2.00 bits per heavy atom. The molecule has 0 spiro atoms. The highest BCUT2D eigenvalue weighted by Crippen LogP contribution is 2.29. The van der Waals surface area contributed by atoms with Crippen molar-refractivity contribution in [2.75, 3.05) is 7.05 Å². The molecule has 78 valence electrons. The Kier molecular flexibility index (Phi) is 3.13. The van der Waals surface area contributed by atoms with E-state index < -0.39 is 11.7 Å². The summed E-state index contributed by atoms with van der Waals surface area (Å²) in [5.74, 6) is 0. The number of hydrogen-bond donors (Lipinski definition) is 0. The Balaban J connectivity index is 2.90. The van der Waals surface area contributed by atoms with Crippen molar-refractivity contribution in [3.8, 4) is 0 Å². The highest BCUT2D eigenvalue weighted by molar-refractivity contribution is 5.25. The number of hydroxylamine groups is 2. The van der Waals surface area contributed by atoms with Crippen LogP contribution < -0.4 is 0 Å². The molecule has 0 unspecified atom stereocenters. The quantitative estimate of drug-likeness (QED) is 0.692. The van der Waals surface area contributed by atoms with E-state index in [9.17, 15) is 18.4 Å². The third-order valence-corrected chi connectivity index (χ3v) is 1.66. The normalized spacial score (nSPS) is 12.1. The standard InChI is InChI=1S/C9H9F3NO/c1-13(14)6-7-3-2-4-8(5-7)9(10,11)12/h2-5H,6H2,1H3/q-1. The molecule has 0 N–H and O–H groups in total. The van der Waals surface area contributed by atoms with E-state index in [4.69, 9.17) is 0 Å². The van der Waals surface area contributed by atoms with E-state index in [1.54, 1.807) is 0 Å². The van der Waals surface area contributed by atoms with Crippen molar-refractivity contribution in [1.29, 1.82) is 0 Å². The molecule has 5 heteroatoms. The molecule has 0 aliphatic heterocycles. The minimum Gasteiger partial charge on any atom is -0.785 e. The maximum Gasteiger partial charge on any atom is 0.416 e. The topological polar surface area (TPSA) is 26.3 Å². The lowest BCUT2D eigenvalue weighted by atomic mass is 10.1. The molecule has 2 nitrogen and oxygen atoms in total. The van der Waals surface area contributed by atoms with Gasteiger partial charge in [-0.15, -0.1) is 0 Å². The maximum atomic E-state index is 12.2. The van der Waals surface area contributed by atoms with Crippen molar-refractivity contribution in [3.05, 3.63) is 40.6 Å². The highest BCUT2D eigenvalue weighted by Gasteiger charge is 2.30. The van der Waals surface area contributed by atoms with Crippen LogP contribution in [-0.2, 0) is 12.7 Å². The molecule has 0 aromatic heterocycles. The van der Waals surface area contributed by atoms with E-state index in [-0.39, 0.29) is 6.54 Å². The first-order valence-corrected chi connectivity index (χ1v) is 3.94. The molecule has 0 fully saturated rings. The number of halogens is 3. The molecule has 1 rings (SSSR count). The Labute approximate surface area is 79.5 Å². The number of benzene rings is 1. The third kappa shape index (κ3) is 3.01. The van der Waals surface area contributed by atoms with Gasteiger partial charge in [-0.25, -0.2) is 0 Å². The Bertz CT molecular complexity index is 309. The first kappa shape index (κ1) is 11.0. The van der Waals surface area contributed by atoms with Crippen molar-refractivity contribution < 1.29 is 13.2 Å². The van der Waals surface area contributed by atoms with Gasteiger partial charge in [-0.05, 0) is 18.7 Å². The summed E-state index contributed by atoms with van der Waals surface area (Å²) in [7, 11) is 1.26. The number of nitrogens with zero attached hydrogens (tertiary/aromatic N) is 1. The molecule has 0 atom stereocenters. The molecule has 1 aromatic rings. The molecule has 0 aliphatic carbocycles. The van der Waals surface area contributed by atoms with Crippen LogP contribution in [0.2, 0.25) is 0 Å². The van der Waals surface area contributed by atoms with E-state index in [0.717, 1.165) is 12.1 Å².